The number of rotatable bonds is 3. The number of carbonyl (C=O) groups is 1. The van der Waals surface area contributed by atoms with E-state index in [-0.39, 0.29) is 11.2 Å². The molecule has 1 saturated carbocycles. The van der Waals surface area contributed by atoms with Crippen molar-refractivity contribution in [2.75, 3.05) is 19.0 Å². The fourth-order valence-corrected chi connectivity index (χ4v) is 3.20. The van der Waals surface area contributed by atoms with E-state index in [0.29, 0.717) is 18.4 Å². The van der Waals surface area contributed by atoms with Gasteiger partial charge in [-0.25, -0.2) is 0 Å². The molecule has 0 aliphatic heterocycles. The number of hydrogen-bond donors (Lipinski definition) is 1. The van der Waals surface area contributed by atoms with E-state index in [0.717, 1.165) is 18.5 Å². The largest absolute Gasteiger partial charge is 0.382 e. The number of ketones is 1. The maximum atomic E-state index is 12.6. The molecule has 0 radical (unpaired) electrons. The molecule has 0 amide bonds. The Kier molecular flexibility index (Phi) is 3.92. The molecular formula is C17H25NO2. The van der Waals surface area contributed by atoms with E-state index in [1.807, 2.05) is 43.3 Å². The summed E-state index contributed by atoms with van der Waals surface area (Å²) in [6.07, 6.45) is 3.10. The van der Waals surface area contributed by atoms with Gasteiger partial charge in [-0.15, -0.1) is 0 Å². The van der Waals surface area contributed by atoms with Crippen molar-refractivity contribution >= 4 is 11.5 Å². The van der Waals surface area contributed by atoms with E-state index in [1.165, 1.54) is 0 Å². The van der Waals surface area contributed by atoms with E-state index in [1.54, 1.807) is 0 Å². The summed E-state index contributed by atoms with van der Waals surface area (Å²) in [4.78, 5) is 14.6. The first-order valence-electron chi connectivity index (χ1n) is 7.28. The van der Waals surface area contributed by atoms with Crippen molar-refractivity contribution in [3.63, 3.8) is 0 Å². The highest BCUT2D eigenvalue weighted by Gasteiger charge is 2.44. The van der Waals surface area contributed by atoms with Crippen molar-refractivity contribution in [2.24, 2.45) is 5.41 Å². The summed E-state index contributed by atoms with van der Waals surface area (Å²) in [5.41, 5.74) is 0.501. The standard InChI is InChI=1S/C17H25NO2/c1-16(2)10-5-11-17(20,12-16)15(19)13-6-8-14(9-7-13)18(3)4/h6-9,20H,5,10-12H2,1-4H3. The highest BCUT2D eigenvalue weighted by atomic mass is 16.3. The van der Waals surface area contributed by atoms with Gasteiger partial charge in [0, 0.05) is 25.3 Å². The Morgan fingerprint density at radius 1 is 1.15 bits per heavy atom. The van der Waals surface area contributed by atoms with Crippen molar-refractivity contribution < 1.29 is 9.90 Å². The Bertz CT molecular complexity index is 490. The van der Waals surface area contributed by atoms with E-state index in [2.05, 4.69) is 13.8 Å². The summed E-state index contributed by atoms with van der Waals surface area (Å²) in [6, 6.07) is 7.48. The Morgan fingerprint density at radius 2 is 1.75 bits per heavy atom. The van der Waals surface area contributed by atoms with Gasteiger partial charge >= 0.3 is 0 Å². The van der Waals surface area contributed by atoms with Gasteiger partial charge in [0.15, 0.2) is 5.78 Å². The molecule has 0 heterocycles. The monoisotopic (exact) mass is 275 g/mol. The number of hydrogen-bond acceptors (Lipinski definition) is 3. The molecule has 0 aromatic heterocycles. The minimum absolute atomic E-state index is 0.0340. The molecule has 1 N–H and O–H groups in total. The molecule has 1 aromatic carbocycles. The van der Waals surface area contributed by atoms with E-state index < -0.39 is 5.60 Å². The van der Waals surface area contributed by atoms with Crippen LogP contribution in [0.15, 0.2) is 24.3 Å². The molecule has 3 nitrogen and oxygen atoms in total. The second kappa shape index (κ2) is 5.21. The Labute approximate surface area is 121 Å². The van der Waals surface area contributed by atoms with Gasteiger partial charge in [-0.05, 0) is 55.4 Å². The van der Waals surface area contributed by atoms with Crippen LogP contribution in [0.4, 0.5) is 5.69 Å². The lowest BCUT2D eigenvalue weighted by Crippen LogP contribution is -2.45. The Hall–Kier alpha value is -1.35. The minimum atomic E-state index is -1.19. The summed E-state index contributed by atoms with van der Waals surface area (Å²) < 4.78 is 0. The van der Waals surface area contributed by atoms with Crippen molar-refractivity contribution in [2.45, 2.75) is 45.1 Å². The molecule has 110 valence electrons. The van der Waals surface area contributed by atoms with Gasteiger partial charge in [0.1, 0.15) is 5.60 Å². The quantitative estimate of drug-likeness (QED) is 0.861. The zero-order valence-corrected chi connectivity index (χ0v) is 12.9. The highest BCUT2D eigenvalue weighted by molar-refractivity contribution is 6.02. The number of carbonyl (C=O) groups excluding carboxylic acids is 1. The SMILES string of the molecule is CN(C)c1ccc(C(=O)C2(O)CCCC(C)(C)C2)cc1. The fraction of sp³-hybridized carbons (Fsp3) is 0.588. The maximum absolute atomic E-state index is 12.6. The first-order valence-corrected chi connectivity index (χ1v) is 7.28. The van der Waals surface area contributed by atoms with Crippen LogP contribution in [0.1, 0.15) is 49.9 Å². The van der Waals surface area contributed by atoms with Gasteiger partial charge in [-0.3, -0.25) is 4.79 Å². The van der Waals surface area contributed by atoms with Gasteiger partial charge in [-0.1, -0.05) is 13.8 Å². The maximum Gasteiger partial charge on any atom is 0.194 e. The lowest BCUT2D eigenvalue weighted by Gasteiger charge is -2.40. The zero-order chi connectivity index (χ0) is 15.0. The average Bonchev–Trinajstić information content (AvgIpc) is 2.36. The van der Waals surface area contributed by atoms with Crippen LogP contribution in [0.2, 0.25) is 0 Å². The molecule has 1 aliphatic rings. The highest BCUT2D eigenvalue weighted by Crippen LogP contribution is 2.42. The molecule has 1 aromatic rings. The Balaban J connectivity index is 2.22. The van der Waals surface area contributed by atoms with Crippen molar-refractivity contribution in [1.29, 1.82) is 0 Å². The fourth-order valence-electron chi connectivity index (χ4n) is 3.20. The summed E-state index contributed by atoms with van der Waals surface area (Å²) in [7, 11) is 3.93. The molecular weight excluding hydrogens is 250 g/mol. The molecule has 2 rings (SSSR count). The van der Waals surface area contributed by atoms with Gasteiger partial charge in [0.05, 0.1) is 0 Å². The Morgan fingerprint density at radius 3 is 2.25 bits per heavy atom. The zero-order valence-electron chi connectivity index (χ0n) is 12.9. The molecule has 1 atom stereocenters. The van der Waals surface area contributed by atoms with Crippen LogP contribution in [-0.2, 0) is 0 Å². The predicted molar refractivity (Wildman–Crippen MR) is 82.3 cm³/mol. The van der Waals surface area contributed by atoms with Crippen molar-refractivity contribution in [3.8, 4) is 0 Å². The number of anilines is 1. The lowest BCUT2D eigenvalue weighted by molar-refractivity contribution is -0.0198. The predicted octanol–water partition coefficient (Wildman–Crippen LogP) is 3.27. The second-order valence-corrected chi connectivity index (χ2v) is 7.00. The summed E-state index contributed by atoms with van der Waals surface area (Å²) >= 11 is 0. The van der Waals surface area contributed by atoms with Crippen LogP contribution in [0, 0.1) is 5.41 Å². The normalized spacial score (nSPS) is 25.2. The van der Waals surface area contributed by atoms with Crippen LogP contribution < -0.4 is 4.90 Å². The average molecular weight is 275 g/mol. The van der Waals surface area contributed by atoms with Gasteiger partial charge in [-0.2, -0.15) is 0 Å². The van der Waals surface area contributed by atoms with E-state index in [9.17, 15) is 9.90 Å². The van der Waals surface area contributed by atoms with Gasteiger partial charge < -0.3 is 10.0 Å². The first-order chi connectivity index (χ1) is 9.23. The van der Waals surface area contributed by atoms with Crippen molar-refractivity contribution in [1.82, 2.24) is 0 Å². The topological polar surface area (TPSA) is 40.5 Å². The third kappa shape index (κ3) is 3.04. The third-order valence-electron chi connectivity index (χ3n) is 4.28. The molecule has 1 unspecified atom stereocenters. The summed E-state index contributed by atoms with van der Waals surface area (Å²) in [5.74, 6) is -0.129. The minimum Gasteiger partial charge on any atom is -0.382 e. The van der Waals surface area contributed by atoms with Gasteiger partial charge in [0.2, 0.25) is 0 Å². The van der Waals surface area contributed by atoms with Crippen LogP contribution in [-0.4, -0.2) is 30.6 Å². The summed E-state index contributed by atoms with van der Waals surface area (Å²) in [6.45, 7) is 4.25. The molecule has 0 spiro atoms. The molecule has 0 bridgehead atoms. The number of nitrogens with zero attached hydrogens (tertiary/aromatic N) is 1. The number of benzene rings is 1. The lowest BCUT2D eigenvalue weighted by atomic mass is 9.67. The molecule has 1 fully saturated rings. The smallest absolute Gasteiger partial charge is 0.194 e. The van der Waals surface area contributed by atoms with Crippen LogP contribution in [0.3, 0.4) is 0 Å². The van der Waals surface area contributed by atoms with Crippen molar-refractivity contribution in [3.05, 3.63) is 29.8 Å². The third-order valence-corrected chi connectivity index (χ3v) is 4.28. The summed E-state index contributed by atoms with van der Waals surface area (Å²) in [5, 5.41) is 10.7. The second-order valence-electron chi connectivity index (χ2n) is 7.00. The van der Waals surface area contributed by atoms with Crippen LogP contribution >= 0.6 is 0 Å². The van der Waals surface area contributed by atoms with E-state index >= 15 is 0 Å². The molecule has 0 saturated heterocycles. The van der Waals surface area contributed by atoms with E-state index in [4.69, 9.17) is 0 Å². The molecule has 1 aliphatic carbocycles. The molecule has 20 heavy (non-hydrogen) atoms. The van der Waals surface area contributed by atoms with Crippen LogP contribution in [0.25, 0.3) is 0 Å². The van der Waals surface area contributed by atoms with Crippen LogP contribution in [0.5, 0.6) is 0 Å². The first kappa shape index (κ1) is 15.0. The number of aliphatic hydroxyl groups is 1. The number of Topliss-reactive ketones (excluding diaryl/α,β-unsaturated/α-hetero) is 1. The van der Waals surface area contributed by atoms with Gasteiger partial charge in [0.25, 0.3) is 0 Å². The molecule has 3 heteroatoms.